The van der Waals surface area contributed by atoms with Gasteiger partial charge in [-0.25, -0.2) is 9.78 Å². The molecule has 11 heteroatoms. The Morgan fingerprint density at radius 3 is 2.68 bits per heavy atom. The van der Waals surface area contributed by atoms with Crippen LogP contribution in [0.1, 0.15) is 38.1 Å². The zero-order chi connectivity index (χ0) is 22.2. The van der Waals surface area contributed by atoms with Crippen molar-refractivity contribution in [3.8, 4) is 6.07 Å². The maximum absolute atomic E-state index is 13.0. The smallest absolute Gasteiger partial charge is 0.346 e. The molecule has 0 radical (unpaired) electrons. The van der Waals surface area contributed by atoms with Crippen LogP contribution in [0.3, 0.4) is 0 Å². The van der Waals surface area contributed by atoms with Crippen LogP contribution in [-0.2, 0) is 0 Å². The first-order valence-electron chi connectivity index (χ1n) is 10.1. The van der Waals surface area contributed by atoms with E-state index in [-0.39, 0.29) is 18.5 Å². The van der Waals surface area contributed by atoms with Gasteiger partial charge in [0.15, 0.2) is 0 Å². The summed E-state index contributed by atoms with van der Waals surface area (Å²) in [5.41, 5.74) is 0.0897. The summed E-state index contributed by atoms with van der Waals surface area (Å²) < 4.78 is 40.5. The van der Waals surface area contributed by atoms with Gasteiger partial charge in [-0.05, 0) is 44.2 Å². The zero-order valence-corrected chi connectivity index (χ0v) is 16.5. The highest BCUT2D eigenvalue weighted by atomic mass is 19.4. The number of hydrogen-bond donors (Lipinski definition) is 3. The second kappa shape index (κ2) is 8.19. The summed E-state index contributed by atoms with van der Waals surface area (Å²) >= 11 is 0. The number of alkyl halides is 3. The fraction of sp³-hybridized carbons (Fsp3) is 0.500. The van der Waals surface area contributed by atoms with E-state index in [2.05, 4.69) is 20.3 Å². The fourth-order valence-corrected chi connectivity index (χ4v) is 4.41. The van der Waals surface area contributed by atoms with Gasteiger partial charge in [0.25, 0.3) is 5.56 Å². The minimum atomic E-state index is -4.47. The van der Waals surface area contributed by atoms with E-state index in [1.807, 2.05) is 0 Å². The third kappa shape index (κ3) is 4.07. The SMILES string of the molecule is N#CCC(NC[C@H]1CC[C@H](n2c(=O)[nH]c(=O)c3cnc4[nH]ccc4c32)CC1)C(F)(F)F. The number of nitrogens with zero attached hydrogens (tertiary/aromatic N) is 3. The Bertz CT molecular complexity index is 1240. The van der Waals surface area contributed by atoms with Crippen LogP contribution >= 0.6 is 0 Å². The number of nitriles is 1. The molecule has 1 aliphatic carbocycles. The van der Waals surface area contributed by atoms with Crippen molar-refractivity contribution in [1.29, 1.82) is 5.26 Å². The van der Waals surface area contributed by atoms with Gasteiger partial charge in [0.1, 0.15) is 11.7 Å². The van der Waals surface area contributed by atoms with E-state index in [0.717, 1.165) is 0 Å². The van der Waals surface area contributed by atoms with Crippen molar-refractivity contribution in [2.75, 3.05) is 6.54 Å². The van der Waals surface area contributed by atoms with E-state index >= 15 is 0 Å². The Morgan fingerprint density at radius 2 is 2.00 bits per heavy atom. The van der Waals surface area contributed by atoms with Crippen molar-refractivity contribution < 1.29 is 13.2 Å². The van der Waals surface area contributed by atoms with E-state index in [4.69, 9.17) is 5.26 Å². The highest BCUT2D eigenvalue weighted by Crippen LogP contribution is 2.34. The molecule has 3 aromatic heterocycles. The summed E-state index contributed by atoms with van der Waals surface area (Å²) in [7, 11) is 0. The molecule has 164 valence electrons. The Labute approximate surface area is 174 Å². The average Bonchev–Trinajstić information content (AvgIpc) is 3.20. The number of aromatic amines is 2. The zero-order valence-electron chi connectivity index (χ0n) is 16.5. The first kappa shape index (κ1) is 21.1. The summed E-state index contributed by atoms with van der Waals surface area (Å²) in [6.45, 7) is 0.159. The van der Waals surface area contributed by atoms with E-state index in [0.29, 0.717) is 47.6 Å². The monoisotopic (exact) mass is 434 g/mol. The lowest BCUT2D eigenvalue weighted by Gasteiger charge is -2.31. The fourth-order valence-electron chi connectivity index (χ4n) is 4.41. The third-order valence-electron chi connectivity index (χ3n) is 6.01. The van der Waals surface area contributed by atoms with E-state index in [1.54, 1.807) is 22.9 Å². The predicted molar refractivity (Wildman–Crippen MR) is 108 cm³/mol. The highest BCUT2D eigenvalue weighted by molar-refractivity contribution is 6.01. The molecule has 3 heterocycles. The molecule has 0 aliphatic heterocycles. The molecule has 8 nitrogen and oxygen atoms in total. The molecule has 0 spiro atoms. The Hall–Kier alpha value is -3.13. The van der Waals surface area contributed by atoms with Crippen molar-refractivity contribution >= 4 is 21.9 Å². The second-order valence-electron chi connectivity index (χ2n) is 7.93. The van der Waals surface area contributed by atoms with Crippen LogP contribution in [0, 0.1) is 17.2 Å². The molecule has 0 saturated heterocycles. The topological polar surface area (TPSA) is 119 Å². The number of fused-ring (bicyclic) bond motifs is 3. The summed E-state index contributed by atoms with van der Waals surface area (Å²) in [5, 5.41) is 12.1. The molecule has 0 bridgehead atoms. The van der Waals surface area contributed by atoms with Gasteiger partial charge in [-0.15, -0.1) is 0 Å². The minimum Gasteiger partial charge on any atom is -0.346 e. The van der Waals surface area contributed by atoms with E-state index in [1.165, 1.54) is 6.20 Å². The molecule has 0 aromatic carbocycles. The Balaban J connectivity index is 1.55. The van der Waals surface area contributed by atoms with Gasteiger partial charge in [-0.2, -0.15) is 18.4 Å². The van der Waals surface area contributed by atoms with Crippen LogP contribution in [-0.4, -0.2) is 38.3 Å². The molecular weight excluding hydrogens is 413 g/mol. The van der Waals surface area contributed by atoms with Gasteiger partial charge in [-0.3, -0.25) is 14.3 Å². The molecule has 3 N–H and O–H groups in total. The molecule has 1 saturated carbocycles. The van der Waals surface area contributed by atoms with Crippen LogP contribution in [0.4, 0.5) is 13.2 Å². The van der Waals surface area contributed by atoms with Crippen LogP contribution in [0.15, 0.2) is 28.0 Å². The molecule has 4 rings (SSSR count). The lowest BCUT2D eigenvalue weighted by atomic mass is 9.85. The maximum atomic E-state index is 13.0. The predicted octanol–water partition coefficient (Wildman–Crippen LogP) is 2.73. The number of pyridine rings is 1. The van der Waals surface area contributed by atoms with Crippen molar-refractivity contribution in [2.24, 2.45) is 5.92 Å². The normalized spacial score (nSPS) is 20.7. The molecule has 1 aliphatic rings. The first-order chi connectivity index (χ1) is 14.8. The molecule has 0 amide bonds. The van der Waals surface area contributed by atoms with Gasteiger partial charge < -0.3 is 10.3 Å². The number of aromatic nitrogens is 4. The quantitative estimate of drug-likeness (QED) is 0.571. The molecule has 31 heavy (non-hydrogen) atoms. The number of hydrogen-bond acceptors (Lipinski definition) is 5. The maximum Gasteiger partial charge on any atom is 0.404 e. The number of halogens is 3. The van der Waals surface area contributed by atoms with Crippen molar-refractivity contribution in [2.45, 2.75) is 50.4 Å². The van der Waals surface area contributed by atoms with E-state index < -0.39 is 29.9 Å². The Kier molecular flexibility index (Phi) is 5.58. The lowest BCUT2D eigenvalue weighted by molar-refractivity contribution is -0.155. The van der Waals surface area contributed by atoms with E-state index in [9.17, 15) is 22.8 Å². The minimum absolute atomic E-state index is 0.0125. The third-order valence-corrected chi connectivity index (χ3v) is 6.01. The van der Waals surface area contributed by atoms with Gasteiger partial charge in [0.2, 0.25) is 0 Å². The lowest BCUT2D eigenvalue weighted by Crippen LogP contribution is -2.44. The summed E-state index contributed by atoms with van der Waals surface area (Å²) in [6.07, 6.45) is 0.474. The van der Waals surface area contributed by atoms with Gasteiger partial charge >= 0.3 is 11.9 Å². The number of nitrogens with one attached hydrogen (secondary N) is 3. The van der Waals surface area contributed by atoms with Gasteiger partial charge in [0, 0.05) is 23.8 Å². The number of H-pyrrole nitrogens is 2. The highest BCUT2D eigenvalue weighted by Gasteiger charge is 2.39. The Morgan fingerprint density at radius 1 is 1.26 bits per heavy atom. The standard InChI is InChI=1S/C20H21F3N6O2/c21-20(22,23)15(5-7-24)26-9-11-1-3-12(4-2-11)29-16-13-6-8-25-17(13)27-10-14(16)18(30)28-19(29)31/h6,8,10-12,15,26H,1-5,9H2,(H,25,27)(H,28,30,31)/t11-,12-,15?. The number of rotatable bonds is 5. The molecule has 1 fully saturated rings. The van der Waals surface area contributed by atoms with Crippen molar-refractivity contribution in [1.82, 2.24) is 24.8 Å². The first-order valence-corrected chi connectivity index (χ1v) is 10.1. The average molecular weight is 434 g/mol. The van der Waals surface area contributed by atoms with Crippen molar-refractivity contribution in [3.63, 3.8) is 0 Å². The summed E-state index contributed by atoms with van der Waals surface area (Å²) in [4.78, 5) is 34.5. The summed E-state index contributed by atoms with van der Waals surface area (Å²) in [6, 6.07) is 1.32. The van der Waals surface area contributed by atoms with Crippen LogP contribution < -0.4 is 16.6 Å². The molecule has 1 atom stereocenters. The molecule has 1 unspecified atom stereocenters. The van der Waals surface area contributed by atoms with Crippen LogP contribution in [0.2, 0.25) is 0 Å². The van der Waals surface area contributed by atoms with Crippen molar-refractivity contribution in [3.05, 3.63) is 39.3 Å². The summed E-state index contributed by atoms with van der Waals surface area (Å²) in [5.74, 6) is 0.0125. The van der Waals surface area contributed by atoms with Crippen LogP contribution in [0.25, 0.3) is 21.9 Å². The largest absolute Gasteiger partial charge is 0.404 e. The van der Waals surface area contributed by atoms with Crippen LogP contribution in [0.5, 0.6) is 0 Å². The van der Waals surface area contributed by atoms with Gasteiger partial charge in [0.05, 0.1) is 23.4 Å². The van der Waals surface area contributed by atoms with Gasteiger partial charge in [-0.1, -0.05) is 0 Å². The molecular formula is C20H21F3N6O2. The second-order valence-corrected chi connectivity index (χ2v) is 7.93. The molecule has 3 aromatic rings.